The maximum absolute atomic E-state index is 12.8. The largest absolute Gasteiger partial charge is 0.543 e. The zero-order valence-electron chi connectivity index (χ0n) is 16.6. The summed E-state index contributed by atoms with van der Waals surface area (Å²) in [7, 11) is 1.27. The van der Waals surface area contributed by atoms with E-state index in [9.17, 15) is 19.5 Å². The van der Waals surface area contributed by atoms with Crippen LogP contribution in [0.1, 0.15) is 5.69 Å². The van der Waals surface area contributed by atoms with Crippen molar-refractivity contribution in [2.24, 2.45) is 5.16 Å². The van der Waals surface area contributed by atoms with Crippen LogP contribution in [0.4, 0.5) is 5.13 Å². The maximum atomic E-state index is 12.8. The van der Waals surface area contributed by atoms with E-state index in [1.54, 1.807) is 29.4 Å². The van der Waals surface area contributed by atoms with Gasteiger partial charge in [-0.05, 0) is 0 Å². The fourth-order valence-corrected chi connectivity index (χ4v) is 5.25. The highest BCUT2D eigenvalue weighted by atomic mass is 32.2. The fraction of sp³-hybridized carbons (Fsp3) is 0.278. The molecule has 2 aliphatic rings. The molecule has 32 heavy (non-hydrogen) atoms. The highest BCUT2D eigenvalue weighted by molar-refractivity contribution is 8.00. The molecule has 0 bridgehead atoms. The Balaban J connectivity index is 1.53. The number of hydrogen-bond donors (Lipinski definition) is 2. The monoisotopic (exact) mass is 475 g/mol. The van der Waals surface area contributed by atoms with Gasteiger partial charge in [0.1, 0.15) is 24.2 Å². The van der Waals surface area contributed by atoms with E-state index in [0.717, 1.165) is 16.2 Å². The van der Waals surface area contributed by atoms with Crippen LogP contribution in [0.15, 0.2) is 46.6 Å². The first-order valence-corrected chi connectivity index (χ1v) is 11.1. The molecule has 0 spiro atoms. The second-order valence-corrected chi connectivity index (χ2v) is 8.71. The fourth-order valence-electron chi connectivity index (χ4n) is 3.37. The van der Waals surface area contributed by atoms with E-state index >= 15 is 0 Å². The van der Waals surface area contributed by atoms with Crippen LogP contribution in [0, 0.1) is 0 Å². The minimum atomic E-state index is -1.45. The normalized spacial score (nSPS) is 20.5. The van der Waals surface area contributed by atoms with Crippen molar-refractivity contribution in [3.8, 4) is 0 Å². The van der Waals surface area contributed by atoms with Gasteiger partial charge >= 0.3 is 0 Å². The third-order valence-electron chi connectivity index (χ3n) is 4.75. The Morgan fingerprint density at radius 1 is 1.44 bits per heavy atom. The molecule has 14 heteroatoms. The first-order chi connectivity index (χ1) is 15.4. The third kappa shape index (κ3) is 4.01. The molecule has 4 rings (SSSR count). The van der Waals surface area contributed by atoms with E-state index in [1.807, 2.05) is 0 Å². The molecule has 2 aromatic heterocycles. The lowest BCUT2D eigenvalue weighted by Crippen LogP contribution is -2.71. The molecule has 0 aliphatic carbocycles. The number of fused-ring (bicyclic) bond motifs is 1. The van der Waals surface area contributed by atoms with E-state index in [1.165, 1.54) is 24.3 Å². The van der Waals surface area contributed by atoms with Gasteiger partial charge in [-0.2, -0.15) is 4.57 Å². The van der Waals surface area contributed by atoms with Crippen LogP contribution in [-0.4, -0.2) is 62.6 Å². The molecule has 12 nitrogen and oxygen atoms in total. The number of thioether (sulfide) groups is 1. The molecule has 0 radical (unpaired) electrons. The van der Waals surface area contributed by atoms with E-state index in [0.29, 0.717) is 11.3 Å². The Kier molecular flexibility index (Phi) is 6.05. The first-order valence-electron chi connectivity index (χ1n) is 9.21. The Hall–Kier alpha value is -3.52. The molecule has 4 heterocycles. The van der Waals surface area contributed by atoms with Gasteiger partial charge < -0.3 is 25.8 Å². The number of anilines is 1. The number of nitrogens with zero attached hydrogens (tertiary/aromatic N) is 5. The molecule has 2 amide bonds. The van der Waals surface area contributed by atoms with Gasteiger partial charge in [-0.15, -0.1) is 23.1 Å². The van der Waals surface area contributed by atoms with Gasteiger partial charge in [-0.25, -0.2) is 4.98 Å². The Morgan fingerprint density at radius 2 is 2.19 bits per heavy atom. The molecular formula is C18H17N7O5S2. The van der Waals surface area contributed by atoms with Crippen LogP contribution in [0.5, 0.6) is 0 Å². The highest BCUT2D eigenvalue weighted by Crippen LogP contribution is 2.40. The van der Waals surface area contributed by atoms with Gasteiger partial charge in [0.25, 0.3) is 11.8 Å². The first kappa shape index (κ1) is 21.7. The average molecular weight is 476 g/mol. The van der Waals surface area contributed by atoms with Gasteiger partial charge in [0.2, 0.25) is 0 Å². The minimum Gasteiger partial charge on any atom is -0.543 e. The van der Waals surface area contributed by atoms with Crippen LogP contribution in [0.3, 0.4) is 0 Å². The predicted octanol–water partition coefficient (Wildman–Crippen LogP) is -2.14. The summed E-state index contributed by atoms with van der Waals surface area (Å²) in [4.78, 5) is 51.3. The number of nitrogen functional groups attached to an aromatic ring is 1. The number of thiazole rings is 1. The van der Waals surface area contributed by atoms with Crippen molar-refractivity contribution >= 4 is 51.7 Å². The number of carboxylic acids is 1. The van der Waals surface area contributed by atoms with Gasteiger partial charge in [0, 0.05) is 16.7 Å². The van der Waals surface area contributed by atoms with Crippen molar-refractivity contribution in [2.75, 3.05) is 18.6 Å². The molecule has 166 valence electrons. The molecule has 1 saturated heterocycles. The summed E-state index contributed by atoms with van der Waals surface area (Å²) >= 11 is 2.47. The standard InChI is InChI=1S/C18H17N7O5S2/c1-30-23-11(10-8-32-18(19)21-10)14(26)22-12-15(27)25-13(17(28)29)9(7-31-16(12)25)6-24-4-2-20-3-5-24/h2-5,8,12,16H,6-7H2,1H3,(H3-,19,21,22,26,28,29)/b23-11-/t12?,16-/m1/s1. The SMILES string of the molecule is CO/N=C(\C(=O)NC1C(=O)N2C(C(=O)[O-])=C(C[n+]3ccncc3)CS[C@H]12)c1csc(N)n1. The lowest BCUT2D eigenvalue weighted by molar-refractivity contribution is -0.689. The van der Waals surface area contributed by atoms with Crippen molar-refractivity contribution in [3.63, 3.8) is 0 Å². The molecule has 2 aliphatic heterocycles. The summed E-state index contributed by atoms with van der Waals surface area (Å²) in [5.74, 6) is -2.34. The van der Waals surface area contributed by atoms with Crippen molar-refractivity contribution in [1.29, 1.82) is 0 Å². The Bertz CT molecular complexity index is 1130. The second-order valence-electron chi connectivity index (χ2n) is 6.71. The lowest BCUT2D eigenvalue weighted by atomic mass is 10.0. The number of amides is 2. The maximum Gasteiger partial charge on any atom is 0.276 e. The number of β-lactam (4-membered cyclic amide) rings is 1. The number of aromatic nitrogens is 3. The van der Waals surface area contributed by atoms with Gasteiger partial charge in [0.05, 0.1) is 24.1 Å². The molecular weight excluding hydrogens is 458 g/mol. The van der Waals surface area contributed by atoms with Gasteiger partial charge in [-0.1, -0.05) is 5.16 Å². The number of nitrogens with one attached hydrogen (secondary N) is 1. The van der Waals surface area contributed by atoms with Crippen LogP contribution in [0.2, 0.25) is 0 Å². The van der Waals surface area contributed by atoms with Crippen molar-refractivity contribution < 1.29 is 28.9 Å². The van der Waals surface area contributed by atoms with Crippen LogP contribution < -0.4 is 20.7 Å². The number of nitrogens with two attached hydrogens (primary N) is 1. The molecule has 2 atom stereocenters. The van der Waals surface area contributed by atoms with Crippen LogP contribution in [0.25, 0.3) is 0 Å². The van der Waals surface area contributed by atoms with Crippen molar-refractivity contribution in [1.82, 2.24) is 20.2 Å². The molecule has 1 fully saturated rings. The number of hydrogen-bond acceptors (Lipinski definition) is 11. The lowest BCUT2D eigenvalue weighted by Gasteiger charge is -2.50. The van der Waals surface area contributed by atoms with Crippen molar-refractivity contribution in [2.45, 2.75) is 18.0 Å². The third-order valence-corrected chi connectivity index (χ3v) is 6.76. The number of carbonyl (C=O) groups is 3. The predicted molar refractivity (Wildman–Crippen MR) is 112 cm³/mol. The zero-order valence-corrected chi connectivity index (χ0v) is 18.3. The smallest absolute Gasteiger partial charge is 0.276 e. The van der Waals surface area contributed by atoms with E-state index in [4.69, 9.17) is 10.6 Å². The number of rotatable bonds is 7. The minimum absolute atomic E-state index is 0.141. The van der Waals surface area contributed by atoms with Crippen LogP contribution in [-0.2, 0) is 25.8 Å². The number of carbonyl (C=O) groups excluding carboxylic acids is 3. The highest BCUT2D eigenvalue weighted by Gasteiger charge is 2.53. The summed E-state index contributed by atoms with van der Waals surface area (Å²) in [5, 5.41) is 19.3. The molecule has 1 unspecified atom stereocenters. The molecule has 2 aromatic rings. The Labute approximate surface area is 189 Å². The number of oxime groups is 1. The second kappa shape index (κ2) is 8.92. The average Bonchev–Trinajstić information content (AvgIpc) is 3.21. The topological polar surface area (TPSA) is 167 Å². The van der Waals surface area contributed by atoms with E-state index in [-0.39, 0.29) is 28.8 Å². The molecule has 3 N–H and O–H groups in total. The Morgan fingerprint density at radius 3 is 2.81 bits per heavy atom. The zero-order chi connectivity index (χ0) is 22.8. The van der Waals surface area contributed by atoms with Gasteiger partial charge in [-0.3, -0.25) is 19.5 Å². The quantitative estimate of drug-likeness (QED) is 0.197. The van der Waals surface area contributed by atoms with Crippen molar-refractivity contribution in [3.05, 3.63) is 47.1 Å². The number of carboxylic acid groups (broad SMARTS) is 1. The summed E-state index contributed by atoms with van der Waals surface area (Å²) < 4.78 is 1.75. The van der Waals surface area contributed by atoms with Crippen LogP contribution >= 0.6 is 23.1 Å². The van der Waals surface area contributed by atoms with Gasteiger partial charge in [0.15, 0.2) is 29.8 Å². The number of aliphatic carboxylic acids is 1. The molecule has 0 saturated carbocycles. The summed E-state index contributed by atoms with van der Waals surface area (Å²) in [6, 6.07) is -0.935. The summed E-state index contributed by atoms with van der Waals surface area (Å²) in [5.41, 5.74) is 6.04. The van der Waals surface area contributed by atoms with E-state index in [2.05, 4.69) is 20.4 Å². The summed E-state index contributed by atoms with van der Waals surface area (Å²) in [6.45, 7) is 0.266. The molecule has 0 aromatic carbocycles. The van der Waals surface area contributed by atoms with E-state index < -0.39 is 29.2 Å². The summed E-state index contributed by atoms with van der Waals surface area (Å²) in [6.07, 6.45) is 6.54.